The lowest BCUT2D eigenvalue weighted by Gasteiger charge is -2.42. The first-order chi connectivity index (χ1) is 18.8. The maximum absolute atomic E-state index is 13.4. The third-order valence-electron chi connectivity index (χ3n) is 7.29. The number of ether oxygens (including phenoxy) is 2. The Kier molecular flexibility index (Phi) is 7.66. The number of nitrogen functional groups attached to an aromatic ring is 1. The van der Waals surface area contributed by atoms with Crippen LogP contribution in [0.2, 0.25) is 0 Å². The highest BCUT2D eigenvalue weighted by atomic mass is 16.5. The number of pyridine rings is 2. The lowest BCUT2D eigenvalue weighted by molar-refractivity contribution is 0.102. The smallest absolute Gasteiger partial charge is 0.407 e. The number of aromatic nitrogens is 2. The summed E-state index contributed by atoms with van der Waals surface area (Å²) >= 11 is 0. The molecule has 3 unspecified atom stereocenters. The molecular weight excluding hydrogens is 500 g/mol. The van der Waals surface area contributed by atoms with Gasteiger partial charge < -0.3 is 41.4 Å². The van der Waals surface area contributed by atoms with Crippen molar-refractivity contribution in [1.29, 1.82) is 0 Å². The Hall–Kier alpha value is -4.16. The highest BCUT2D eigenvalue weighted by Gasteiger charge is 2.34. The molecule has 0 spiro atoms. The molecule has 0 radical (unpaired) electrons. The lowest BCUT2D eigenvalue weighted by atomic mass is 9.90. The number of nitrogens with two attached hydrogens (primary N) is 2. The van der Waals surface area contributed by atoms with Gasteiger partial charge in [0.25, 0.3) is 5.91 Å². The molecule has 6 N–H and O–H groups in total. The van der Waals surface area contributed by atoms with E-state index in [1.54, 1.807) is 18.5 Å². The largest absolute Gasteiger partial charge is 0.453 e. The molecule has 39 heavy (non-hydrogen) atoms. The zero-order valence-corrected chi connectivity index (χ0v) is 22.1. The van der Waals surface area contributed by atoms with Gasteiger partial charge in [-0.05, 0) is 30.2 Å². The minimum Gasteiger partial charge on any atom is -0.453 e. The van der Waals surface area contributed by atoms with Crippen LogP contribution in [0.4, 0.5) is 27.5 Å². The standard InChI is InChI=1S/C27H34N8O4/c1-16-14-35(15-20(29)24(16)33-27(37)38-2)23-5-6-30-13-22(23)32-26(36)25-19(28)11-17-3-4-18(12-21(17)31-25)34-7-9-39-10-8-34/h3-6,11-13,16,20,24H,7-10,14-15,28-29H2,1-2H3,(H,32,36)(H,33,37). The summed E-state index contributed by atoms with van der Waals surface area (Å²) in [5, 5.41) is 6.63. The first-order valence-electron chi connectivity index (χ1n) is 13.0. The van der Waals surface area contributed by atoms with E-state index in [1.165, 1.54) is 7.11 Å². The normalized spacial score (nSPS) is 21.5. The molecule has 2 saturated heterocycles. The van der Waals surface area contributed by atoms with Crippen LogP contribution in [-0.2, 0) is 9.47 Å². The minimum absolute atomic E-state index is 0.0306. The van der Waals surface area contributed by atoms with E-state index in [2.05, 4.69) is 30.4 Å². The van der Waals surface area contributed by atoms with E-state index in [9.17, 15) is 9.59 Å². The fourth-order valence-corrected chi connectivity index (χ4v) is 5.28. The SMILES string of the molecule is COC(=O)NC1C(C)CN(c2ccncc2NC(=O)c2nc3cc(N4CCOCC4)ccc3cc2N)CC1N. The summed E-state index contributed by atoms with van der Waals surface area (Å²) in [6.07, 6.45) is 2.75. The van der Waals surface area contributed by atoms with Crippen LogP contribution in [-0.4, -0.2) is 80.6 Å². The molecular formula is C27H34N8O4. The summed E-state index contributed by atoms with van der Waals surface area (Å²) in [6.45, 7) is 6.04. The number of anilines is 4. The molecule has 3 atom stereocenters. The summed E-state index contributed by atoms with van der Waals surface area (Å²) in [4.78, 5) is 38.3. The number of piperidine rings is 1. The van der Waals surface area contributed by atoms with Crippen LogP contribution < -0.4 is 31.9 Å². The average molecular weight is 535 g/mol. The Labute approximate surface area is 226 Å². The zero-order valence-electron chi connectivity index (χ0n) is 22.1. The average Bonchev–Trinajstić information content (AvgIpc) is 2.94. The second-order valence-electron chi connectivity index (χ2n) is 9.96. The molecule has 0 saturated carbocycles. The number of methoxy groups -OCH3 is 1. The van der Waals surface area contributed by atoms with Crippen LogP contribution in [0.25, 0.3) is 10.9 Å². The van der Waals surface area contributed by atoms with E-state index in [4.69, 9.17) is 20.9 Å². The highest BCUT2D eigenvalue weighted by molar-refractivity contribution is 6.09. The van der Waals surface area contributed by atoms with E-state index in [0.29, 0.717) is 37.5 Å². The molecule has 2 aromatic heterocycles. The van der Waals surface area contributed by atoms with Gasteiger partial charge in [-0.2, -0.15) is 0 Å². The maximum atomic E-state index is 13.4. The van der Waals surface area contributed by atoms with Crippen LogP contribution in [0.15, 0.2) is 42.7 Å². The zero-order chi connectivity index (χ0) is 27.5. The van der Waals surface area contributed by atoms with Gasteiger partial charge in [0.1, 0.15) is 0 Å². The number of carbonyl (C=O) groups is 2. The number of fused-ring (bicyclic) bond motifs is 1. The van der Waals surface area contributed by atoms with Crippen LogP contribution in [0, 0.1) is 5.92 Å². The Bertz CT molecular complexity index is 1350. The fourth-order valence-electron chi connectivity index (χ4n) is 5.28. The Morgan fingerprint density at radius 3 is 2.67 bits per heavy atom. The molecule has 3 aromatic rings. The quantitative estimate of drug-likeness (QED) is 0.380. The number of nitrogens with zero attached hydrogens (tertiary/aromatic N) is 4. The van der Waals surface area contributed by atoms with Gasteiger partial charge in [-0.3, -0.25) is 9.78 Å². The molecule has 2 amide bonds. The van der Waals surface area contributed by atoms with Gasteiger partial charge in [-0.25, -0.2) is 9.78 Å². The van der Waals surface area contributed by atoms with Gasteiger partial charge in [0.15, 0.2) is 5.69 Å². The van der Waals surface area contributed by atoms with Crippen molar-refractivity contribution in [2.24, 2.45) is 11.7 Å². The number of benzene rings is 1. The van der Waals surface area contributed by atoms with Gasteiger partial charge >= 0.3 is 6.09 Å². The molecule has 4 heterocycles. The second kappa shape index (κ2) is 11.3. The summed E-state index contributed by atoms with van der Waals surface area (Å²) < 4.78 is 10.2. The predicted molar refractivity (Wildman–Crippen MR) is 150 cm³/mol. The van der Waals surface area contributed by atoms with Crippen LogP contribution in [0.5, 0.6) is 0 Å². The van der Waals surface area contributed by atoms with Crippen molar-refractivity contribution in [3.8, 4) is 0 Å². The molecule has 12 nitrogen and oxygen atoms in total. The molecule has 5 rings (SSSR count). The number of hydrogen-bond acceptors (Lipinski definition) is 10. The summed E-state index contributed by atoms with van der Waals surface area (Å²) in [5.41, 5.74) is 16.1. The topological polar surface area (TPSA) is 161 Å². The minimum atomic E-state index is -0.509. The van der Waals surface area contributed by atoms with Crippen molar-refractivity contribution in [2.45, 2.75) is 19.0 Å². The van der Waals surface area contributed by atoms with E-state index in [1.807, 2.05) is 31.2 Å². The monoisotopic (exact) mass is 534 g/mol. The van der Waals surface area contributed by atoms with Gasteiger partial charge in [0, 0.05) is 49.5 Å². The van der Waals surface area contributed by atoms with Gasteiger partial charge in [0.2, 0.25) is 0 Å². The van der Waals surface area contributed by atoms with Gasteiger partial charge in [0.05, 0.1) is 55.1 Å². The van der Waals surface area contributed by atoms with E-state index in [-0.39, 0.29) is 29.4 Å². The fraction of sp³-hybridized carbons (Fsp3) is 0.407. The number of morpholine rings is 1. The molecule has 206 valence electrons. The molecule has 1 aromatic carbocycles. The van der Waals surface area contributed by atoms with Crippen LogP contribution >= 0.6 is 0 Å². The summed E-state index contributed by atoms with van der Waals surface area (Å²) in [6, 6.07) is 8.99. The number of nitrogens with one attached hydrogen (secondary N) is 2. The lowest BCUT2D eigenvalue weighted by Crippen LogP contribution is -2.62. The Balaban J connectivity index is 1.36. The van der Waals surface area contributed by atoms with Crippen molar-refractivity contribution in [3.05, 3.63) is 48.4 Å². The first kappa shape index (κ1) is 26.4. The Morgan fingerprint density at radius 2 is 1.92 bits per heavy atom. The number of carbonyl (C=O) groups excluding carboxylic acids is 2. The van der Waals surface area contributed by atoms with Crippen molar-refractivity contribution in [2.75, 3.05) is 67.4 Å². The molecule has 2 fully saturated rings. The first-order valence-corrected chi connectivity index (χ1v) is 13.0. The molecule has 0 bridgehead atoms. The number of amides is 2. The number of alkyl carbamates (subject to hydrolysis) is 1. The molecule has 2 aliphatic heterocycles. The second-order valence-corrected chi connectivity index (χ2v) is 9.96. The van der Waals surface area contributed by atoms with Crippen LogP contribution in [0.3, 0.4) is 0 Å². The third kappa shape index (κ3) is 5.66. The van der Waals surface area contributed by atoms with E-state index in [0.717, 1.165) is 29.9 Å². The molecule has 2 aliphatic rings. The van der Waals surface area contributed by atoms with E-state index >= 15 is 0 Å². The van der Waals surface area contributed by atoms with Crippen LogP contribution in [0.1, 0.15) is 17.4 Å². The molecule has 12 heteroatoms. The Morgan fingerprint density at radius 1 is 1.13 bits per heavy atom. The maximum Gasteiger partial charge on any atom is 0.407 e. The summed E-state index contributed by atoms with van der Waals surface area (Å²) in [7, 11) is 1.33. The predicted octanol–water partition coefficient (Wildman–Crippen LogP) is 1.81. The van der Waals surface area contributed by atoms with Crippen molar-refractivity contribution < 1.29 is 19.1 Å². The highest BCUT2D eigenvalue weighted by Crippen LogP contribution is 2.31. The van der Waals surface area contributed by atoms with Gasteiger partial charge in [-0.1, -0.05) is 13.0 Å². The number of hydrogen-bond donors (Lipinski definition) is 4. The third-order valence-corrected chi connectivity index (χ3v) is 7.29. The molecule has 0 aliphatic carbocycles. The number of rotatable bonds is 5. The summed E-state index contributed by atoms with van der Waals surface area (Å²) in [5.74, 6) is -0.400. The van der Waals surface area contributed by atoms with Gasteiger partial charge in [-0.15, -0.1) is 0 Å². The van der Waals surface area contributed by atoms with Crippen molar-refractivity contribution >= 4 is 45.7 Å². The van der Waals surface area contributed by atoms with Crippen molar-refractivity contribution in [3.63, 3.8) is 0 Å². The van der Waals surface area contributed by atoms with Crippen molar-refractivity contribution in [1.82, 2.24) is 15.3 Å². The van der Waals surface area contributed by atoms with E-state index < -0.39 is 12.0 Å².